The Kier molecular flexibility index (Phi) is 2.88. The van der Waals surface area contributed by atoms with E-state index in [1.54, 1.807) is 0 Å². The van der Waals surface area contributed by atoms with Crippen molar-refractivity contribution in [1.82, 2.24) is 0 Å². The highest BCUT2D eigenvalue weighted by molar-refractivity contribution is 6.20. The molecule has 3 rings (SSSR count). The van der Waals surface area contributed by atoms with Crippen molar-refractivity contribution in [2.75, 3.05) is 0 Å². The van der Waals surface area contributed by atoms with E-state index in [1.807, 2.05) is 24.3 Å². The zero-order valence-corrected chi connectivity index (χ0v) is 10.2. The van der Waals surface area contributed by atoms with Crippen molar-refractivity contribution in [2.45, 2.75) is 13.0 Å². The Bertz CT molecular complexity index is 659. The summed E-state index contributed by atoms with van der Waals surface area (Å²) in [6.45, 7) is 0.116. The quantitative estimate of drug-likeness (QED) is 0.530. The first-order chi connectivity index (χ1) is 9.29. The first-order valence-corrected chi connectivity index (χ1v) is 6.03. The van der Waals surface area contributed by atoms with E-state index < -0.39 is 5.97 Å². The monoisotopic (exact) mass is 251 g/mol. The van der Waals surface area contributed by atoms with Crippen LogP contribution in [-0.2, 0) is 27.4 Å². The number of ether oxygens (including phenoxy) is 1. The third kappa shape index (κ3) is 2.03. The third-order valence-corrected chi connectivity index (χ3v) is 3.39. The summed E-state index contributed by atoms with van der Waals surface area (Å²) >= 11 is 0. The van der Waals surface area contributed by atoms with Gasteiger partial charge in [-0.05, 0) is 34.2 Å². The molecule has 0 fully saturated rings. The highest BCUT2D eigenvalue weighted by Crippen LogP contribution is 2.38. The molecule has 1 aliphatic rings. The van der Waals surface area contributed by atoms with E-state index in [0.717, 1.165) is 12.0 Å². The van der Waals surface area contributed by atoms with Crippen molar-refractivity contribution in [3.05, 3.63) is 59.2 Å². The number of benzene rings is 2. The van der Waals surface area contributed by atoms with Gasteiger partial charge in [0.05, 0.1) is 0 Å². The van der Waals surface area contributed by atoms with Crippen LogP contribution in [0.5, 0.6) is 0 Å². The van der Waals surface area contributed by atoms with Crippen LogP contribution in [0.15, 0.2) is 42.5 Å². The Morgan fingerprint density at radius 2 is 1.89 bits per heavy atom. The molecular weight excluding hydrogens is 240 g/mol. The van der Waals surface area contributed by atoms with E-state index in [2.05, 4.69) is 18.2 Å². The van der Waals surface area contributed by atoms with Crippen LogP contribution < -0.4 is 0 Å². The number of carbonyl (C=O) groups excluding carboxylic acids is 2. The van der Waals surface area contributed by atoms with Crippen LogP contribution in [0.2, 0.25) is 0 Å². The molecule has 3 heteroatoms. The fraction of sp³-hybridized carbons (Fsp3) is 0.125. The van der Waals surface area contributed by atoms with Crippen LogP contribution in [0, 0.1) is 0 Å². The normalized spacial score (nSPS) is 11.6. The van der Waals surface area contributed by atoms with E-state index in [1.165, 1.54) is 28.5 Å². The minimum Gasteiger partial charge on any atom is -0.455 e. The minimum atomic E-state index is -0.951. The second-order valence-electron chi connectivity index (χ2n) is 4.46. The van der Waals surface area contributed by atoms with Gasteiger partial charge in [-0.25, -0.2) is 4.79 Å². The van der Waals surface area contributed by atoms with E-state index in [9.17, 15) is 9.59 Å². The largest absolute Gasteiger partial charge is 0.455 e. The maximum Gasteiger partial charge on any atom is 0.383 e. The fourth-order valence-corrected chi connectivity index (χ4v) is 2.53. The van der Waals surface area contributed by atoms with Gasteiger partial charge in [0, 0.05) is 0 Å². The van der Waals surface area contributed by atoms with Gasteiger partial charge in [0.15, 0.2) is 0 Å². The topological polar surface area (TPSA) is 43.4 Å². The molecule has 0 saturated heterocycles. The van der Waals surface area contributed by atoms with Gasteiger partial charge in [-0.2, -0.15) is 0 Å². The molecule has 0 aromatic heterocycles. The predicted molar refractivity (Wildman–Crippen MR) is 70.2 cm³/mol. The van der Waals surface area contributed by atoms with Crippen LogP contribution in [0.4, 0.5) is 0 Å². The second-order valence-corrected chi connectivity index (χ2v) is 4.46. The zero-order valence-electron chi connectivity index (χ0n) is 10.2. The molecule has 0 heterocycles. The van der Waals surface area contributed by atoms with Crippen LogP contribution in [-0.4, -0.2) is 12.3 Å². The van der Waals surface area contributed by atoms with E-state index >= 15 is 0 Å². The molecule has 2 aromatic carbocycles. The van der Waals surface area contributed by atoms with Crippen LogP contribution in [0.1, 0.15) is 16.7 Å². The van der Waals surface area contributed by atoms with Gasteiger partial charge < -0.3 is 4.74 Å². The number of rotatable bonds is 3. The summed E-state index contributed by atoms with van der Waals surface area (Å²) in [6, 6.07) is 14.2. The molecular formula is C16H11O3. The first kappa shape index (κ1) is 11.7. The Morgan fingerprint density at radius 1 is 1.11 bits per heavy atom. The molecule has 0 spiro atoms. The van der Waals surface area contributed by atoms with Gasteiger partial charge in [-0.15, -0.1) is 0 Å². The lowest BCUT2D eigenvalue weighted by atomic mass is 10.0. The third-order valence-electron chi connectivity index (χ3n) is 3.39. The van der Waals surface area contributed by atoms with Crippen molar-refractivity contribution < 1.29 is 14.3 Å². The van der Waals surface area contributed by atoms with E-state index in [-0.39, 0.29) is 6.61 Å². The molecule has 0 unspecified atom stereocenters. The van der Waals surface area contributed by atoms with Crippen molar-refractivity contribution >= 4 is 12.3 Å². The number of hydrogen-bond donors (Lipinski definition) is 0. The second kappa shape index (κ2) is 4.69. The van der Waals surface area contributed by atoms with Gasteiger partial charge in [-0.1, -0.05) is 42.5 Å². The van der Waals surface area contributed by atoms with Gasteiger partial charge in [0.1, 0.15) is 6.61 Å². The number of hydrogen-bond acceptors (Lipinski definition) is 3. The summed E-state index contributed by atoms with van der Waals surface area (Å²) in [5.41, 5.74) is 5.80. The molecule has 2 aromatic rings. The van der Waals surface area contributed by atoms with E-state index in [4.69, 9.17) is 4.74 Å². The molecule has 0 aliphatic heterocycles. The SMILES string of the molecule is O=[C]C(=O)OCc1cccc2c1Cc1ccccc1-2. The number of fused-ring (bicyclic) bond motifs is 3. The van der Waals surface area contributed by atoms with Crippen LogP contribution in [0.3, 0.4) is 0 Å². The Morgan fingerprint density at radius 3 is 2.74 bits per heavy atom. The molecule has 0 saturated carbocycles. The molecule has 1 aliphatic carbocycles. The summed E-state index contributed by atoms with van der Waals surface area (Å²) in [5.74, 6) is -0.951. The average molecular weight is 251 g/mol. The highest BCUT2D eigenvalue weighted by Gasteiger charge is 2.20. The van der Waals surface area contributed by atoms with Crippen molar-refractivity contribution in [3.63, 3.8) is 0 Å². The zero-order chi connectivity index (χ0) is 13.2. The summed E-state index contributed by atoms with van der Waals surface area (Å²) in [7, 11) is 0. The maximum atomic E-state index is 10.9. The van der Waals surface area contributed by atoms with Gasteiger partial charge in [0.25, 0.3) is 0 Å². The maximum absolute atomic E-state index is 10.9. The molecule has 93 valence electrons. The lowest BCUT2D eigenvalue weighted by molar-refractivity contribution is -0.136. The average Bonchev–Trinajstić information content (AvgIpc) is 2.84. The number of carbonyl (C=O) groups is 1. The molecule has 1 radical (unpaired) electrons. The van der Waals surface area contributed by atoms with E-state index in [0.29, 0.717) is 0 Å². The molecule has 0 atom stereocenters. The Balaban J connectivity index is 1.94. The molecule has 0 bridgehead atoms. The standard InChI is InChI=1S/C16H11O3/c17-9-16(18)19-10-12-5-3-7-14-13-6-2-1-4-11(13)8-15(12)14/h1-7H,8,10H2. The molecule has 0 N–H and O–H groups in total. The van der Waals surface area contributed by atoms with Gasteiger partial charge >= 0.3 is 12.3 Å². The van der Waals surface area contributed by atoms with Gasteiger partial charge in [0.2, 0.25) is 0 Å². The predicted octanol–water partition coefficient (Wildman–Crippen LogP) is 2.41. The number of esters is 1. The summed E-state index contributed by atoms with van der Waals surface area (Å²) in [5, 5.41) is 0. The smallest absolute Gasteiger partial charge is 0.383 e. The highest BCUT2D eigenvalue weighted by atomic mass is 16.5. The van der Waals surface area contributed by atoms with Gasteiger partial charge in [-0.3, -0.25) is 4.79 Å². The van der Waals surface area contributed by atoms with Crippen molar-refractivity contribution in [3.8, 4) is 11.1 Å². The lowest BCUT2D eigenvalue weighted by Crippen LogP contribution is -2.06. The fourth-order valence-electron chi connectivity index (χ4n) is 2.53. The molecule has 0 amide bonds. The minimum absolute atomic E-state index is 0.116. The Hall–Kier alpha value is -2.42. The molecule has 19 heavy (non-hydrogen) atoms. The summed E-state index contributed by atoms with van der Waals surface area (Å²) < 4.78 is 4.84. The molecule has 3 nitrogen and oxygen atoms in total. The van der Waals surface area contributed by atoms with Crippen molar-refractivity contribution in [1.29, 1.82) is 0 Å². The summed E-state index contributed by atoms with van der Waals surface area (Å²) in [4.78, 5) is 21.0. The Labute approximate surface area is 110 Å². The first-order valence-electron chi connectivity index (χ1n) is 6.03. The summed E-state index contributed by atoms with van der Waals surface area (Å²) in [6.07, 6.45) is 2.05. The van der Waals surface area contributed by atoms with Crippen LogP contribution in [0.25, 0.3) is 11.1 Å². The lowest BCUT2D eigenvalue weighted by Gasteiger charge is -2.07. The van der Waals surface area contributed by atoms with Crippen molar-refractivity contribution in [2.24, 2.45) is 0 Å². The van der Waals surface area contributed by atoms with Crippen LogP contribution >= 0.6 is 0 Å².